The minimum absolute atomic E-state index is 0.288. The lowest BCUT2D eigenvalue weighted by Gasteiger charge is -2.07. The van der Waals surface area contributed by atoms with Crippen LogP contribution >= 0.6 is 23.2 Å². The Bertz CT molecular complexity index is 770. The fraction of sp³-hybridized carbons (Fsp3) is 0.357. The van der Waals surface area contributed by atoms with Crippen molar-refractivity contribution in [2.24, 2.45) is 0 Å². The molecule has 23 heavy (non-hydrogen) atoms. The second-order valence-electron chi connectivity index (χ2n) is 4.96. The van der Waals surface area contributed by atoms with Crippen molar-refractivity contribution in [3.05, 3.63) is 39.5 Å². The van der Waals surface area contributed by atoms with E-state index >= 15 is 0 Å². The van der Waals surface area contributed by atoms with E-state index in [2.05, 4.69) is 14.9 Å². The summed E-state index contributed by atoms with van der Waals surface area (Å²) in [4.78, 5) is 0. The number of nitrogens with one attached hydrogen (secondary N) is 2. The number of hydrogen-bond acceptors (Lipinski definition) is 4. The molecular formula is C14H17Cl2N3O3S. The number of hydrogen-bond donors (Lipinski definition) is 2. The van der Waals surface area contributed by atoms with E-state index in [1.54, 1.807) is 18.2 Å². The van der Waals surface area contributed by atoms with Crippen molar-refractivity contribution in [2.75, 3.05) is 12.8 Å². The van der Waals surface area contributed by atoms with Gasteiger partial charge in [0.1, 0.15) is 5.75 Å². The number of sulfonamides is 1. The van der Waals surface area contributed by atoms with Gasteiger partial charge in [-0.2, -0.15) is 0 Å². The molecular weight excluding hydrogens is 361 g/mol. The Labute approximate surface area is 145 Å². The standard InChI is InChI=1S/C14H17Cl2N3O3S/c1-3-12-13(4-5-17-23(2,20)21)18-19-14(12)22-11-7-9(15)6-10(16)8-11/h6-8,17H,3-5H2,1-2H3,(H,18,19). The van der Waals surface area contributed by atoms with E-state index in [1.165, 1.54) is 0 Å². The molecule has 1 heterocycles. The molecule has 2 N–H and O–H groups in total. The molecule has 0 bridgehead atoms. The Kier molecular flexibility index (Phi) is 5.91. The Balaban J connectivity index is 2.14. The molecule has 0 spiro atoms. The van der Waals surface area contributed by atoms with Crippen LogP contribution in [0.3, 0.4) is 0 Å². The number of ether oxygens (including phenoxy) is 1. The van der Waals surface area contributed by atoms with Gasteiger partial charge in [-0.3, -0.25) is 5.10 Å². The van der Waals surface area contributed by atoms with Crippen molar-refractivity contribution >= 4 is 33.2 Å². The quantitative estimate of drug-likeness (QED) is 0.775. The predicted molar refractivity (Wildman–Crippen MR) is 91.1 cm³/mol. The van der Waals surface area contributed by atoms with Gasteiger partial charge < -0.3 is 4.74 Å². The van der Waals surface area contributed by atoms with Crippen LogP contribution in [0.5, 0.6) is 11.6 Å². The van der Waals surface area contributed by atoms with Gasteiger partial charge in [0.25, 0.3) is 0 Å². The lowest BCUT2D eigenvalue weighted by molar-refractivity contribution is 0.456. The van der Waals surface area contributed by atoms with Gasteiger partial charge in [-0.1, -0.05) is 30.1 Å². The molecule has 0 aliphatic rings. The van der Waals surface area contributed by atoms with Crippen molar-refractivity contribution in [3.8, 4) is 11.6 Å². The van der Waals surface area contributed by atoms with E-state index < -0.39 is 10.0 Å². The average Bonchev–Trinajstić information content (AvgIpc) is 2.78. The van der Waals surface area contributed by atoms with Gasteiger partial charge in [-0.15, -0.1) is 5.10 Å². The zero-order chi connectivity index (χ0) is 17.0. The number of benzene rings is 1. The van der Waals surface area contributed by atoms with Crippen molar-refractivity contribution in [2.45, 2.75) is 19.8 Å². The van der Waals surface area contributed by atoms with Crippen LogP contribution < -0.4 is 9.46 Å². The first kappa shape index (κ1) is 18.1. The van der Waals surface area contributed by atoms with Crippen LogP contribution in [0, 0.1) is 0 Å². The highest BCUT2D eigenvalue weighted by atomic mass is 35.5. The molecule has 0 saturated heterocycles. The maximum Gasteiger partial charge on any atom is 0.241 e. The van der Waals surface area contributed by atoms with E-state index in [4.69, 9.17) is 27.9 Å². The minimum atomic E-state index is -3.21. The van der Waals surface area contributed by atoms with E-state index in [9.17, 15) is 8.42 Å². The molecule has 0 atom stereocenters. The first-order valence-corrected chi connectivity index (χ1v) is 9.58. The fourth-order valence-corrected chi connectivity index (χ4v) is 3.08. The molecule has 2 rings (SSSR count). The van der Waals surface area contributed by atoms with Crippen LogP contribution in [0.1, 0.15) is 18.2 Å². The van der Waals surface area contributed by atoms with Crippen LogP contribution in [0.15, 0.2) is 18.2 Å². The van der Waals surface area contributed by atoms with Gasteiger partial charge in [0.05, 0.1) is 6.26 Å². The molecule has 0 aliphatic carbocycles. The molecule has 0 unspecified atom stereocenters. The molecule has 0 amide bonds. The van der Waals surface area contributed by atoms with Gasteiger partial charge in [0.15, 0.2) is 0 Å². The molecule has 2 aromatic rings. The first-order valence-electron chi connectivity index (χ1n) is 6.93. The highest BCUT2D eigenvalue weighted by Gasteiger charge is 2.14. The zero-order valence-electron chi connectivity index (χ0n) is 12.7. The molecule has 0 fully saturated rings. The minimum Gasteiger partial charge on any atom is -0.437 e. The average molecular weight is 378 g/mol. The van der Waals surface area contributed by atoms with Crippen LogP contribution in [0.2, 0.25) is 10.0 Å². The van der Waals surface area contributed by atoms with Crippen LogP contribution in [0.25, 0.3) is 0 Å². The summed E-state index contributed by atoms with van der Waals surface area (Å²) in [5.74, 6) is 0.921. The van der Waals surface area contributed by atoms with Crippen molar-refractivity contribution in [3.63, 3.8) is 0 Å². The molecule has 9 heteroatoms. The molecule has 1 aromatic carbocycles. The monoisotopic (exact) mass is 377 g/mol. The molecule has 0 saturated carbocycles. The van der Waals surface area contributed by atoms with Gasteiger partial charge in [-0.05, 0) is 24.6 Å². The maximum atomic E-state index is 11.1. The Morgan fingerprint density at radius 3 is 2.48 bits per heavy atom. The van der Waals surface area contributed by atoms with Crippen LogP contribution in [0.4, 0.5) is 0 Å². The third-order valence-corrected chi connectivity index (χ3v) is 4.22. The smallest absolute Gasteiger partial charge is 0.241 e. The Hall–Kier alpha value is -1.28. The predicted octanol–water partition coefficient (Wildman–Crippen LogP) is 3.16. The lowest BCUT2D eigenvalue weighted by atomic mass is 10.1. The molecule has 0 aliphatic heterocycles. The number of nitrogens with zero attached hydrogens (tertiary/aromatic N) is 1. The third kappa shape index (κ3) is 5.39. The van der Waals surface area contributed by atoms with Crippen molar-refractivity contribution in [1.82, 2.24) is 14.9 Å². The Morgan fingerprint density at radius 1 is 1.26 bits per heavy atom. The summed E-state index contributed by atoms with van der Waals surface area (Å²) >= 11 is 11.9. The summed E-state index contributed by atoms with van der Waals surface area (Å²) in [7, 11) is -3.21. The normalized spacial score (nSPS) is 11.7. The van der Waals surface area contributed by atoms with Crippen LogP contribution in [-0.2, 0) is 22.9 Å². The van der Waals surface area contributed by atoms with E-state index in [-0.39, 0.29) is 6.54 Å². The highest BCUT2D eigenvalue weighted by Crippen LogP contribution is 2.30. The number of halogens is 2. The third-order valence-electron chi connectivity index (χ3n) is 3.06. The molecule has 126 valence electrons. The van der Waals surface area contributed by atoms with Gasteiger partial charge in [-0.25, -0.2) is 13.1 Å². The van der Waals surface area contributed by atoms with Crippen molar-refractivity contribution in [1.29, 1.82) is 0 Å². The topological polar surface area (TPSA) is 84.1 Å². The second-order valence-corrected chi connectivity index (χ2v) is 7.67. The Morgan fingerprint density at radius 2 is 1.91 bits per heavy atom. The first-order chi connectivity index (χ1) is 10.8. The summed E-state index contributed by atoms with van der Waals surface area (Å²) in [6, 6.07) is 4.91. The summed E-state index contributed by atoms with van der Waals surface area (Å²) < 4.78 is 30.4. The fourth-order valence-electron chi connectivity index (χ4n) is 2.10. The second kappa shape index (κ2) is 7.53. The maximum absolute atomic E-state index is 11.1. The molecule has 6 nitrogen and oxygen atoms in total. The molecule has 1 aromatic heterocycles. The van der Waals surface area contributed by atoms with Gasteiger partial charge >= 0.3 is 0 Å². The van der Waals surface area contributed by atoms with Crippen LogP contribution in [-0.4, -0.2) is 31.4 Å². The number of aromatic amines is 1. The van der Waals surface area contributed by atoms with E-state index in [0.717, 1.165) is 17.5 Å². The van der Waals surface area contributed by atoms with E-state index in [1.807, 2.05) is 6.92 Å². The summed E-state index contributed by atoms with van der Waals surface area (Å²) in [5, 5.41) is 7.97. The van der Waals surface area contributed by atoms with Gasteiger partial charge in [0, 0.05) is 34.3 Å². The summed E-state index contributed by atoms with van der Waals surface area (Å²) in [6.45, 7) is 2.26. The van der Waals surface area contributed by atoms with Gasteiger partial charge in [0.2, 0.25) is 15.9 Å². The number of aromatic nitrogens is 2. The number of H-pyrrole nitrogens is 1. The zero-order valence-corrected chi connectivity index (χ0v) is 15.0. The largest absolute Gasteiger partial charge is 0.437 e. The summed E-state index contributed by atoms with van der Waals surface area (Å²) in [6.07, 6.45) is 2.30. The van der Waals surface area contributed by atoms with Crippen molar-refractivity contribution < 1.29 is 13.2 Å². The van der Waals surface area contributed by atoms with E-state index in [0.29, 0.717) is 34.5 Å². The SMILES string of the molecule is CCc1c(Oc2cc(Cl)cc(Cl)c2)n[nH]c1CCNS(C)(=O)=O. The number of rotatable bonds is 7. The summed E-state index contributed by atoms with van der Waals surface area (Å²) in [5.41, 5.74) is 1.71. The molecule has 0 radical (unpaired) electrons. The highest BCUT2D eigenvalue weighted by molar-refractivity contribution is 7.88. The lowest BCUT2D eigenvalue weighted by Crippen LogP contribution is -2.24.